The van der Waals surface area contributed by atoms with Crippen molar-refractivity contribution < 1.29 is 0 Å². The number of hydrogen-bond donors (Lipinski definition) is 2. The second kappa shape index (κ2) is 5.65. The largest absolute Gasteiger partial charge is 0.271 e. The average Bonchev–Trinajstić information content (AvgIpc) is 2.73. The molecule has 96 valence electrons. The smallest absolute Gasteiger partial charge is 0.0657 e. The third kappa shape index (κ3) is 2.69. The summed E-state index contributed by atoms with van der Waals surface area (Å²) in [5.41, 5.74) is 5.39. The second-order valence-corrected chi connectivity index (χ2v) is 5.08. The van der Waals surface area contributed by atoms with Gasteiger partial charge in [-0.3, -0.25) is 16.0 Å². The molecule has 0 radical (unpaired) electrons. The molecule has 2 rings (SSSR count). The van der Waals surface area contributed by atoms with Gasteiger partial charge in [0.25, 0.3) is 0 Å². The van der Waals surface area contributed by atoms with Crippen LogP contribution in [-0.2, 0) is 13.5 Å². The third-order valence-corrected chi connectivity index (χ3v) is 3.95. The monoisotopic (exact) mass is 236 g/mol. The summed E-state index contributed by atoms with van der Waals surface area (Å²) in [7, 11) is 2.02. The maximum atomic E-state index is 5.76. The molecule has 1 aromatic heterocycles. The van der Waals surface area contributed by atoms with Crippen LogP contribution in [0.25, 0.3) is 0 Å². The summed E-state index contributed by atoms with van der Waals surface area (Å²) in [5.74, 6) is 6.43. The van der Waals surface area contributed by atoms with E-state index in [1.54, 1.807) is 0 Å². The van der Waals surface area contributed by atoms with E-state index in [4.69, 9.17) is 5.84 Å². The Bertz CT molecular complexity index is 352. The highest BCUT2D eigenvalue weighted by Gasteiger charge is 2.26. The standard InChI is InChI=1S/C13H24N4/c1-3-11-9-12(17(2)16-11)13(15-14)10-7-5-4-6-8-10/h9-10,13,15H,3-8,14H2,1-2H3. The number of rotatable bonds is 4. The zero-order valence-corrected chi connectivity index (χ0v) is 10.9. The predicted molar refractivity (Wildman–Crippen MR) is 69.2 cm³/mol. The Morgan fingerprint density at radius 1 is 1.47 bits per heavy atom. The van der Waals surface area contributed by atoms with Gasteiger partial charge in [-0.1, -0.05) is 26.2 Å². The van der Waals surface area contributed by atoms with Crippen LogP contribution in [0.4, 0.5) is 0 Å². The molecular formula is C13H24N4. The molecule has 1 fully saturated rings. The molecule has 1 saturated carbocycles. The van der Waals surface area contributed by atoms with Crippen LogP contribution in [0.5, 0.6) is 0 Å². The lowest BCUT2D eigenvalue weighted by molar-refractivity contribution is 0.265. The lowest BCUT2D eigenvalue weighted by Crippen LogP contribution is -2.35. The van der Waals surface area contributed by atoms with Crippen molar-refractivity contribution in [2.24, 2.45) is 18.8 Å². The van der Waals surface area contributed by atoms with Crippen LogP contribution in [0.15, 0.2) is 6.07 Å². The summed E-state index contributed by atoms with van der Waals surface area (Å²) in [6, 6.07) is 2.45. The molecule has 1 aliphatic carbocycles. The van der Waals surface area contributed by atoms with Gasteiger partial charge < -0.3 is 0 Å². The summed E-state index contributed by atoms with van der Waals surface area (Å²) in [6.07, 6.45) is 7.58. The van der Waals surface area contributed by atoms with Crippen LogP contribution in [0.1, 0.15) is 56.5 Å². The first kappa shape index (κ1) is 12.6. The summed E-state index contributed by atoms with van der Waals surface area (Å²) < 4.78 is 1.98. The zero-order valence-electron chi connectivity index (χ0n) is 10.9. The Morgan fingerprint density at radius 3 is 2.71 bits per heavy atom. The number of hydrazine groups is 1. The van der Waals surface area contributed by atoms with Crippen LogP contribution in [0.3, 0.4) is 0 Å². The SMILES string of the molecule is CCc1cc(C(NN)C2CCCCC2)n(C)n1. The van der Waals surface area contributed by atoms with Crippen LogP contribution in [0.2, 0.25) is 0 Å². The summed E-state index contributed by atoms with van der Waals surface area (Å²) in [4.78, 5) is 0. The van der Waals surface area contributed by atoms with E-state index in [9.17, 15) is 0 Å². The highest BCUT2D eigenvalue weighted by Crippen LogP contribution is 2.34. The number of nitrogens with zero attached hydrogens (tertiary/aromatic N) is 2. The topological polar surface area (TPSA) is 55.9 Å². The van der Waals surface area contributed by atoms with Gasteiger partial charge in [0.1, 0.15) is 0 Å². The molecular weight excluding hydrogens is 212 g/mol. The molecule has 17 heavy (non-hydrogen) atoms. The van der Waals surface area contributed by atoms with Gasteiger partial charge >= 0.3 is 0 Å². The molecule has 4 heteroatoms. The average molecular weight is 236 g/mol. The third-order valence-electron chi connectivity index (χ3n) is 3.95. The fourth-order valence-corrected chi connectivity index (χ4v) is 2.94. The zero-order chi connectivity index (χ0) is 12.3. The molecule has 0 aromatic carbocycles. The minimum atomic E-state index is 0.258. The van der Waals surface area contributed by atoms with Gasteiger partial charge in [0.2, 0.25) is 0 Å². The summed E-state index contributed by atoms with van der Waals surface area (Å²) >= 11 is 0. The molecule has 3 N–H and O–H groups in total. The van der Waals surface area contributed by atoms with E-state index in [0.29, 0.717) is 5.92 Å². The van der Waals surface area contributed by atoms with Gasteiger partial charge in [0.15, 0.2) is 0 Å². The number of hydrogen-bond acceptors (Lipinski definition) is 3. The summed E-state index contributed by atoms with van der Waals surface area (Å²) in [6.45, 7) is 2.14. The van der Waals surface area contributed by atoms with Gasteiger partial charge in [-0.25, -0.2) is 0 Å². The molecule has 1 heterocycles. The number of nitrogens with one attached hydrogen (secondary N) is 1. The van der Waals surface area contributed by atoms with E-state index in [0.717, 1.165) is 12.1 Å². The van der Waals surface area contributed by atoms with Crippen molar-refractivity contribution in [3.63, 3.8) is 0 Å². The molecule has 4 nitrogen and oxygen atoms in total. The Morgan fingerprint density at radius 2 is 2.18 bits per heavy atom. The van der Waals surface area contributed by atoms with Gasteiger partial charge in [-0.05, 0) is 31.2 Å². The van der Waals surface area contributed by atoms with Crippen LogP contribution >= 0.6 is 0 Å². The molecule has 0 aliphatic heterocycles. The Labute approximate surface area is 104 Å². The molecule has 0 bridgehead atoms. The van der Waals surface area contributed by atoms with E-state index in [2.05, 4.69) is 23.5 Å². The molecule has 0 saturated heterocycles. The van der Waals surface area contributed by atoms with Crippen molar-refractivity contribution >= 4 is 0 Å². The van der Waals surface area contributed by atoms with Crippen molar-refractivity contribution in [3.05, 3.63) is 17.5 Å². The van der Waals surface area contributed by atoms with Crippen LogP contribution in [0, 0.1) is 5.92 Å². The molecule has 1 atom stereocenters. The Balaban J connectivity index is 2.18. The molecule has 1 aliphatic rings. The lowest BCUT2D eigenvalue weighted by atomic mass is 9.83. The van der Waals surface area contributed by atoms with E-state index >= 15 is 0 Å². The number of nitrogens with two attached hydrogens (primary N) is 1. The fourth-order valence-electron chi connectivity index (χ4n) is 2.94. The van der Waals surface area contributed by atoms with Gasteiger partial charge in [0, 0.05) is 7.05 Å². The minimum absolute atomic E-state index is 0.258. The van der Waals surface area contributed by atoms with Crippen molar-refractivity contribution in [3.8, 4) is 0 Å². The van der Waals surface area contributed by atoms with Gasteiger partial charge in [0.05, 0.1) is 17.4 Å². The Hall–Kier alpha value is -0.870. The maximum absolute atomic E-state index is 5.76. The molecule has 1 unspecified atom stereocenters. The van der Waals surface area contributed by atoms with Crippen molar-refractivity contribution in [1.29, 1.82) is 0 Å². The number of aryl methyl sites for hydroxylation is 2. The van der Waals surface area contributed by atoms with E-state index < -0.39 is 0 Å². The quantitative estimate of drug-likeness (QED) is 0.621. The second-order valence-electron chi connectivity index (χ2n) is 5.08. The van der Waals surface area contributed by atoms with Crippen LogP contribution in [-0.4, -0.2) is 9.78 Å². The highest BCUT2D eigenvalue weighted by molar-refractivity contribution is 5.15. The Kier molecular flexibility index (Phi) is 4.18. The summed E-state index contributed by atoms with van der Waals surface area (Å²) in [5, 5.41) is 4.51. The minimum Gasteiger partial charge on any atom is -0.271 e. The fraction of sp³-hybridized carbons (Fsp3) is 0.769. The highest BCUT2D eigenvalue weighted by atomic mass is 15.3. The van der Waals surface area contributed by atoms with E-state index in [1.807, 2.05) is 11.7 Å². The molecule has 0 spiro atoms. The normalized spacial score (nSPS) is 19.5. The van der Waals surface area contributed by atoms with Crippen molar-refractivity contribution in [2.45, 2.75) is 51.5 Å². The van der Waals surface area contributed by atoms with Crippen LogP contribution < -0.4 is 11.3 Å². The van der Waals surface area contributed by atoms with E-state index in [-0.39, 0.29) is 6.04 Å². The van der Waals surface area contributed by atoms with Gasteiger partial charge in [-0.15, -0.1) is 0 Å². The lowest BCUT2D eigenvalue weighted by Gasteiger charge is -2.29. The first-order valence-electron chi connectivity index (χ1n) is 6.75. The first-order chi connectivity index (χ1) is 8.26. The molecule has 0 amide bonds. The van der Waals surface area contributed by atoms with Gasteiger partial charge in [-0.2, -0.15) is 5.10 Å². The first-order valence-corrected chi connectivity index (χ1v) is 6.75. The number of aromatic nitrogens is 2. The van der Waals surface area contributed by atoms with Crippen molar-refractivity contribution in [2.75, 3.05) is 0 Å². The molecule has 1 aromatic rings. The predicted octanol–water partition coefficient (Wildman–Crippen LogP) is 2.07. The van der Waals surface area contributed by atoms with Crippen molar-refractivity contribution in [1.82, 2.24) is 15.2 Å². The van der Waals surface area contributed by atoms with E-state index in [1.165, 1.54) is 37.8 Å². The maximum Gasteiger partial charge on any atom is 0.0657 e.